The van der Waals surface area contributed by atoms with Crippen molar-refractivity contribution < 1.29 is 0 Å². The topological polar surface area (TPSA) is 53.6 Å². The van der Waals surface area contributed by atoms with Crippen molar-refractivity contribution in [2.75, 3.05) is 11.9 Å². The molecule has 0 radical (unpaired) electrons. The quantitative estimate of drug-likeness (QED) is 0.763. The van der Waals surface area contributed by atoms with E-state index in [1.54, 1.807) is 12.4 Å². The normalized spacial score (nSPS) is 10.0. The van der Waals surface area contributed by atoms with Gasteiger partial charge in [-0.1, -0.05) is 6.07 Å². The molecule has 0 saturated carbocycles. The summed E-state index contributed by atoms with van der Waals surface area (Å²) in [4.78, 5) is 11.3. The van der Waals surface area contributed by atoms with E-state index < -0.39 is 0 Å². The van der Waals surface area contributed by atoms with Crippen LogP contribution in [0.25, 0.3) is 0 Å². The molecule has 72 valence electrons. The predicted molar refractivity (Wildman–Crippen MR) is 55.0 cm³/mol. The standard InChI is InChI=1S/C10H12N4/c1-2-5-11-9(3-1)4-6-12-10-13-7-8-14-10/h1-3,5,7-8H,4,6H2,(H2,12,13,14). The molecule has 0 unspecified atom stereocenters. The van der Waals surface area contributed by atoms with Crippen molar-refractivity contribution in [1.29, 1.82) is 0 Å². The summed E-state index contributed by atoms with van der Waals surface area (Å²) in [7, 11) is 0. The first-order valence-corrected chi connectivity index (χ1v) is 4.58. The van der Waals surface area contributed by atoms with Gasteiger partial charge in [0.1, 0.15) is 0 Å². The zero-order valence-electron chi connectivity index (χ0n) is 7.77. The van der Waals surface area contributed by atoms with Gasteiger partial charge in [-0.3, -0.25) is 4.98 Å². The minimum absolute atomic E-state index is 0.806. The number of anilines is 1. The summed E-state index contributed by atoms with van der Waals surface area (Å²) >= 11 is 0. The van der Waals surface area contributed by atoms with Gasteiger partial charge < -0.3 is 10.3 Å². The Balaban J connectivity index is 1.79. The van der Waals surface area contributed by atoms with Crippen LogP contribution >= 0.6 is 0 Å². The average molecular weight is 188 g/mol. The Morgan fingerprint density at radius 2 is 2.21 bits per heavy atom. The van der Waals surface area contributed by atoms with Crippen molar-refractivity contribution in [3.63, 3.8) is 0 Å². The van der Waals surface area contributed by atoms with Gasteiger partial charge in [-0.05, 0) is 12.1 Å². The molecule has 0 aliphatic heterocycles. The van der Waals surface area contributed by atoms with Crippen molar-refractivity contribution in [1.82, 2.24) is 15.0 Å². The van der Waals surface area contributed by atoms with Gasteiger partial charge in [-0.2, -0.15) is 0 Å². The molecule has 4 nitrogen and oxygen atoms in total. The van der Waals surface area contributed by atoms with Crippen LogP contribution < -0.4 is 5.32 Å². The Morgan fingerprint density at radius 3 is 2.93 bits per heavy atom. The van der Waals surface area contributed by atoms with Crippen LogP contribution in [0.4, 0.5) is 5.95 Å². The molecule has 2 rings (SSSR count). The van der Waals surface area contributed by atoms with E-state index in [0.717, 1.165) is 24.6 Å². The Labute approximate surface area is 82.4 Å². The molecular weight excluding hydrogens is 176 g/mol. The number of H-pyrrole nitrogens is 1. The Kier molecular flexibility index (Phi) is 2.76. The third-order valence-electron chi connectivity index (χ3n) is 1.90. The van der Waals surface area contributed by atoms with Gasteiger partial charge in [-0.15, -0.1) is 0 Å². The zero-order chi connectivity index (χ0) is 9.64. The molecule has 0 aliphatic carbocycles. The van der Waals surface area contributed by atoms with Crippen molar-refractivity contribution in [2.45, 2.75) is 6.42 Å². The Morgan fingerprint density at radius 1 is 1.21 bits per heavy atom. The van der Waals surface area contributed by atoms with Crippen LogP contribution in [0, 0.1) is 0 Å². The minimum Gasteiger partial charge on any atom is -0.355 e. The lowest BCUT2D eigenvalue weighted by Crippen LogP contribution is -2.06. The number of hydrogen-bond acceptors (Lipinski definition) is 3. The molecule has 0 bridgehead atoms. The molecule has 2 aromatic heterocycles. The van der Waals surface area contributed by atoms with Gasteiger partial charge in [0.25, 0.3) is 0 Å². The molecule has 2 heterocycles. The molecule has 0 atom stereocenters. The smallest absolute Gasteiger partial charge is 0.200 e. The Hall–Kier alpha value is -1.84. The van der Waals surface area contributed by atoms with E-state index in [-0.39, 0.29) is 0 Å². The van der Waals surface area contributed by atoms with Crippen LogP contribution in [-0.2, 0) is 6.42 Å². The number of nitrogens with one attached hydrogen (secondary N) is 2. The molecule has 14 heavy (non-hydrogen) atoms. The monoisotopic (exact) mass is 188 g/mol. The molecule has 2 N–H and O–H groups in total. The highest BCUT2D eigenvalue weighted by Gasteiger charge is 1.94. The summed E-state index contributed by atoms with van der Waals surface area (Å²) in [6, 6.07) is 5.93. The molecule has 0 aromatic carbocycles. The van der Waals surface area contributed by atoms with Crippen molar-refractivity contribution in [3.05, 3.63) is 42.5 Å². The lowest BCUT2D eigenvalue weighted by Gasteiger charge is -2.01. The summed E-state index contributed by atoms with van der Waals surface area (Å²) in [5.74, 6) is 0.806. The van der Waals surface area contributed by atoms with Crippen molar-refractivity contribution >= 4 is 5.95 Å². The van der Waals surface area contributed by atoms with Crippen LogP contribution in [0.1, 0.15) is 5.69 Å². The minimum atomic E-state index is 0.806. The lowest BCUT2D eigenvalue weighted by atomic mass is 10.3. The van der Waals surface area contributed by atoms with Crippen molar-refractivity contribution in [3.8, 4) is 0 Å². The second-order valence-electron chi connectivity index (χ2n) is 2.94. The maximum absolute atomic E-state index is 4.23. The second-order valence-corrected chi connectivity index (χ2v) is 2.94. The van der Waals surface area contributed by atoms with Crippen LogP contribution in [0.2, 0.25) is 0 Å². The third kappa shape index (κ3) is 2.32. The van der Waals surface area contributed by atoms with Crippen LogP contribution in [-0.4, -0.2) is 21.5 Å². The average Bonchev–Trinajstić information content (AvgIpc) is 2.72. The van der Waals surface area contributed by atoms with E-state index in [0.29, 0.717) is 0 Å². The van der Waals surface area contributed by atoms with E-state index in [9.17, 15) is 0 Å². The predicted octanol–water partition coefficient (Wildman–Crippen LogP) is 1.46. The van der Waals surface area contributed by atoms with Gasteiger partial charge in [-0.25, -0.2) is 4.98 Å². The molecule has 0 aliphatic rings. The summed E-state index contributed by atoms with van der Waals surface area (Å²) in [6.45, 7) is 0.838. The number of aromatic nitrogens is 3. The maximum Gasteiger partial charge on any atom is 0.200 e. The molecule has 0 fully saturated rings. The lowest BCUT2D eigenvalue weighted by molar-refractivity contribution is 0.948. The van der Waals surface area contributed by atoms with E-state index in [1.807, 2.05) is 24.4 Å². The first-order chi connectivity index (χ1) is 6.95. The van der Waals surface area contributed by atoms with E-state index >= 15 is 0 Å². The van der Waals surface area contributed by atoms with Gasteiger partial charge in [0, 0.05) is 37.3 Å². The molecule has 2 aromatic rings. The van der Waals surface area contributed by atoms with Gasteiger partial charge in [0.2, 0.25) is 0 Å². The largest absolute Gasteiger partial charge is 0.355 e. The highest BCUT2D eigenvalue weighted by Crippen LogP contribution is 1.97. The molecule has 4 heteroatoms. The van der Waals surface area contributed by atoms with Crippen LogP contribution in [0.5, 0.6) is 0 Å². The Bertz CT molecular complexity index is 355. The third-order valence-corrected chi connectivity index (χ3v) is 1.90. The van der Waals surface area contributed by atoms with Crippen LogP contribution in [0.15, 0.2) is 36.8 Å². The molecule has 0 saturated heterocycles. The van der Waals surface area contributed by atoms with E-state index in [4.69, 9.17) is 0 Å². The summed E-state index contributed by atoms with van der Waals surface area (Å²) in [6.07, 6.45) is 6.23. The van der Waals surface area contributed by atoms with E-state index in [1.165, 1.54) is 0 Å². The highest BCUT2D eigenvalue weighted by atomic mass is 15.1. The maximum atomic E-state index is 4.23. The number of aromatic amines is 1. The number of rotatable bonds is 4. The number of imidazole rings is 1. The molecule has 0 spiro atoms. The molecular formula is C10H12N4. The van der Waals surface area contributed by atoms with Gasteiger partial charge >= 0.3 is 0 Å². The second kappa shape index (κ2) is 4.41. The highest BCUT2D eigenvalue weighted by molar-refractivity contribution is 5.23. The first-order valence-electron chi connectivity index (χ1n) is 4.58. The fraction of sp³-hybridized carbons (Fsp3) is 0.200. The molecule has 0 amide bonds. The fourth-order valence-electron chi connectivity index (χ4n) is 1.22. The summed E-state index contributed by atoms with van der Waals surface area (Å²) in [5.41, 5.74) is 1.09. The fourth-order valence-corrected chi connectivity index (χ4v) is 1.22. The summed E-state index contributed by atoms with van der Waals surface area (Å²) in [5, 5.41) is 3.17. The first kappa shape index (κ1) is 8.74. The van der Waals surface area contributed by atoms with Gasteiger partial charge in [0.05, 0.1) is 0 Å². The number of pyridine rings is 1. The number of nitrogens with zero attached hydrogens (tertiary/aromatic N) is 2. The SMILES string of the molecule is c1ccc(CCNc2ncc[nH]2)nc1. The van der Waals surface area contributed by atoms with Crippen LogP contribution in [0.3, 0.4) is 0 Å². The zero-order valence-corrected chi connectivity index (χ0v) is 7.77. The number of hydrogen-bond donors (Lipinski definition) is 2. The summed E-state index contributed by atoms with van der Waals surface area (Å²) < 4.78 is 0. The van der Waals surface area contributed by atoms with E-state index in [2.05, 4.69) is 20.3 Å². The van der Waals surface area contributed by atoms with Crippen molar-refractivity contribution in [2.24, 2.45) is 0 Å². The van der Waals surface area contributed by atoms with Gasteiger partial charge in [0.15, 0.2) is 5.95 Å².